The summed E-state index contributed by atoms with van der Waals surface area (Å²) in [7, 11) is 0. The Labute approximate surface area is 120 Å². The van der Waals surface area contributed by atoms with Crippen LogP contribution in [0.2, 0.25) is 0 Å². The minimum absolute atomic E-state index is 0.0435. The second-order valence-corrected chi connectivity index (χ2v) is 5.54. The highest BCUT2D eigenvalue weighted by molar-refractivity contribution is 5.95. The first-order valence-electron chi connectivity index (χ1n) is 7.42. The van der Waals surface area contributed by atoms with Crippen LogP contribution in [0.5, 0.6) is 0 Å². The van der Waals surface area contributed by atoms with Gasteiger partial charge < -0.3 is 10.7 Å². The van der Waals surface area contributed by atoms with E-state index in [9.17, 15) is 4.79 Å². The van der Waals surface area contributed by atoms with Gasteiger partial charge in [0, 0.05) is 17.3 Å². The van der Waals surface area contributed by atoms with E-state index in [1.807, 2.05) is 13.0 Å². The minimum Gasteiger partial charge on any atom is -0.349 e. The smallest absolute Gasteiger partial charge is 0.251 e. The van der Waals surface area contributed by atoms with Crippen LogP contribution < -0.4 is 16.6 Å². The highest BCUT2D eigenvalue weighted by Gasteiger charge is 2.23. The molecule has 1 amide bonds. The number of carbonyl (C=O) groups is 1. The van der Waals surface area contributed by atoms with Crippen molar-refractivity contribution < 1.29 is 4.79 Å². The fraction of sp³-hybridized carbons (Fsp3) is 0.600. The topological polar surface area (TPSA) is 80.0 Å². The fourth-order valence-corrected chi connectivity index (χ4v) is 2.84. The highest BCUT2D eigenvalue weighted by Crippen LogP contribution is 2.27. The molecule has 0 saturated heterocycles. The molecule has 0 spiro atoms. The van der Waals surface area contributed by atoms with E-state index in [1.165, 1.54) is 25.7 Å². The number of pyridine rings is 1. The molecule has 2 rings (SSSR count). The van der Waals surface area contributed by atoms with Gasteiger partial charge in [-0.05, 0) is 44.2 Å². The molecule has 1 heterocycles. The van der Waals surface area contributed by atoms with Crippen molar-refractivity contribution >= 4 is 11.7 Å². The SMILES string of the molecule is CCc1cc(C(=O)NC(C)C2CCCC2)cc(NN)n1. The zero-order valence-electron chi connectivity index (χ0n) is 12.3. The van der Waals surface area contributed by atoms with E-state index in [0.29, 0.717) is 17.3 Å². The molecule has 1 saturated carbocycles. The van der Waals surface area contributed by atoms with E-state index < -0.39 is 0 Å². The molecule has 110 valence electrons. The summed E-state index contributed by atoms with van der Waals surface area (Å²) in [6, 6.07) is 3.74. The van der Waals surface area contributed by atoms with Crippen molar-refractivity contribution in [2.45, 2.75) is 52.0 Å². The number of hydrazine groups is 1. The Bertz CT molecular complexity index is 447. The molecule has 0 bridgehead atoms. The summed E-state index contributed by atoms with van der Waals surface area (Å²) in [6.07, 6.45) is 5.76. The Morgan fingerprint density at radius 1 is 1.45 bits per heavy atom. The van der Waals surface area contributed by atoms with Gasteiger partial charge in [0.15, 0.2) is 0 Å². The number of nitrogens with two attached hydrogens (primary N) is 1. The van der Waals surface area contributed by atoms with Crippen molar-refractivity contribution in [1.29, 1.82) is 0 Å². The van der Waals surface area contributed by atoms with Gasteiger partial charge in [0.25, 0.3) is 5.91 Å². The molecule has 4 N–H and O–H groups in total. The Balaban J connectivity index is 2.07. The van der Waals surface area contributed by atoms with Gasteiger partial charge in [0.2, 0.25) is 0 Å². The van der Waals surface area contributed by atoms with E-state index in [-0.39, 0.29) is 11.9 Å². The number of amides is 1. The van der Waals surface area contributed by atoms with Crippen LogP contribution in [0.3, 0.4) is 0 Å². The number of carbonyl (C=O) groups excluding carboxylic acids is 1. The first-order chi connectivity index (χ1) is 9.63. The molecule has 20 heavy (non-hydrogen) atoms. The number of rotatable bonds is 5. The summed E-state index contributed by atoms with van der Waals surface area (Å²) in [5.74, 6) is 6.50. The molecule has 5 heteroatoms. The Morgan fingerprint density at radius 3 is 2.75 bits per heavy atom. The molecule has 1 atom stereocenters. The van der Waals surface area contributed by atoms with Crippen LogP contribution in [0.25, 0.3) is 0 Å². The summed E-state index contributed by atoms with van der Waals surface area (Å²) >= 11 is 0. The van der Waals surface area contributed by atoms with Gasteiger partial charge in [-0.3, -0.25) is 4.79 Å². The van der Waals surface area contributed by atoms with Crippen molar-refractivity contribution in [2.75, 3.05) is 5.43 Å². The zero-order valence-corrected chi connectivity index (χ0v) is 12.3. The molecular formula is C15H24N4O. The molecule has 1 aliphatic carbocycles. The first-order valence-corrected chi connectivity index (χ1v) is 7.42. The number of hydrogen-bond donors (Lipinski definition) is 3. The third kappa shape index (κ3) is 3.48. The van der Waals surface area contributed by atoms with Crippen LogP contribution in [0.1, 0.15) is 55.6 Å². The predicted molar refractivity (Wildman–Crippen MR) is 80.3 cm³/mol. The van der Waals surface area contributed by atoms with Gasteiger partial charge in [0.1, 0.15) is 5.82 Å². The molecule has 5 nitrogen and oxygen atoms in total. The van der Waals surface area contributed by atoms with Gasteiger partial charge in [-0.1, -0.05) is 19.8 Å². The van der Waals surface area contributed by atoms with Crippen molar-refractivity contribution in [3.63, 3.8) is 0 Å². The Kier molecular flexibility index (Phi) is 4.95. The lowest BCUT2D eigenvalue weighted by Gasteiger charge is -2.20. The largest absolute Gasteiger partial charge is 0.349 e. The second-order valence-electron chi connectivity index (χ2n) is 5.54. The number of hydrogen-bond acceptors (Lipinski definition) is 4. The molecule has 1 aromatic rings. The maximum Gasteiger partial charge on any atom is 0.251 e. The lowest BCUT2D eigenvalue weighted by molar-refractivity contribution is 0.0927. The molecule has 1 unspecified atom stereocenters. The van der Waals surface area contributed by atoms with Crippen LogP contribution >= 0.6 is 0 Å². The summed E-state index contributed by atoms with van der Waals surface area (Å²) in [4.78, 5) is 16.6. The minimum atomic E-state index is -0.0435. The molecule has 0 radical (unpaired) electrons. The zero-order chi connectivity index (χ0) is 14.5. The van der Waals surface area contributed by atoms with Gasteiger partial charge in [-0.15, -0.1) is 0 Å². The van der Waals surface area contributed by atoms with Crippen molar-refractivity contribution in [3.05, 3.63) is 23.4 Å². The third-order valence-corrected chi connectivity index (χ3v) is 4.12. The average molecular weight is 276 g/mol. The van der Waals surface area contributed by atoms with E-state index in [0.717, 1.165) is 12.1 Å². The third-order valence-electron chi connectivity index (χ3n) is 4.12. The summed E-state index contributed by atoms with van der Waals surface area (Å²) in [5, 5.41) is 3.11. The van der Waals surface area contributed by atoms with Crippen LogP contribution in [-0.4, -0.2) is 16.9 Å². The Hall–Kier alpha value is -1.62. The van der Waals surface area contributed by atoms with Gasteiger partial charge in [-0.2, -0.15) is 0 Å². The van der Waals surface area contributed by atoms with Crippen molar-refractivity contribution in [1.82, 2.24) is 10.3 Å². The average Bonchev–Trinajstić information content (AvgIpc) is 3.00. The van der Waals surface area contributed by atoms with Crippen molar-refractivity contribution in [3.8, 4) is 0 Å². The number of aryl methyl sites for hydroxylation is 1. The van der Waals surface area contributed by atoms with E-state index in [2.05, 4.69) is 22.7 Å². The molecule has 1 aromatic heterocycles. The standard InChI is InChI=1S/C15H24N4O/c1-3-13-8-12(9-14(18-13)19-16)15(20)17-10(2)11-6-4-5-7-11/h8-11H,3-7,16H2,1-2H3,(H,17,20)(H,18,19). The molecule has 1 aliphatic rings. The summed E-state index contributed by atoms with van der Waals surface area (Å²) in [6.45, 7) is 4.10. The maximum atomic E-state index is 12.3. The van der Waals surface area contributed by atoms with Crippen LogP contribution in [-0.2, 0) is 6.42 Å². The lowest BCUT2D eigenvalue weighted by atomic mass is 9.99. The van der Waals surface area contributed by atoms with Crippen LogP contribution in [0.15, 0.2) is 12.1 Å². The number of nitrogens with one attached hydrogen (secondary N) is 2. The summed E-state index contributed by atoms with van der Waals surface area (Å²) < 4.78 is 0. The number of anilines is 1. The normalized spacial score (nSPS) is 16.9. The number of nitrogens with zero attached hydrogens (tertiary/aromatic N) is 1. The Morgan fingerprint density at radius 2 is 2.15 bits per heavy atom. The lowest BCUT2D eigenvalue weighted by Crippen LogP contribution is -2.37. The molecule has 1 fully saturated rings. The van der Waals surface area contributed by atoms with E-state index in [1.54, 1.807) is 6.07 Å². The number of aromatic nitrogens is 1. The monoisotopic (exact) mass is 276 g/mol. The highest BCUT2D eigenvalue weighted by atomic mass is 16.1. The van der Waals surface area contributed by atoms with Gasteiger partial charge in [0.05, 0.1) is 0 Å². The first kappa shape index (κ1) is 14.8. The van der Waals surface area contributed by atoms with Crippen LogP contribution in [0, 0.1) is 5.92 Å². The summed E-state index contributed by atoms with van der Waals surface area (Å²) in [5.41, 5.74) is 3.99. The molecular weight excluding hydrogens is 252 g/mol. The fourth-order valence-electron chi connectivity index (χ4n) is 2.84. The maximum absolute atomic E-state index is 12.3. The quantitative estimate of drug-likeness (QED) is 0.569. The van der Waals surface area contributed by atoms with Gasteiger partial charge in [-0.25, -0.2) is 10.8 Å². The molecule has 0 aliphatic heterocycles. The van der Waals surface area contributed by atoms with E-state index in [4.69, 9.17) is 5.84 Å². The number of nitrogen functional groups attached to an aromatic ring is 1. The van der Waals surface area contributed by atoms with Crippen molar-refractivity contribution in [2.24, 2.45) is 11.8 Å². The second kappa shape index (κ2) is 6.70. The van der Waals surface area contributed by atoms with Crippen LogP contribution in [0.4, 0.5) is 5.82 Å². The van der Waals surface area contributed by atoms with Gasteiger partial charge >= 0.3 is 0 Å². The predicted octanol–water partition coefficient (Wildman–Crippen LogP) is 2.24. The van der Waals surface area contributed by atoms with E-state index >= 15 is 0 Å². The molecule has 0 aromatic carbocycles.